The maximum absolute atomic E-state index is 12.8. The molecule has 1 aromatic carbocycles. The Labute approximate surface area is 171 Å². The molecule has 1 spiro atoms. The molecule has 2 aliphatic carbocycles. The van der Waals surface area contributed by atoms with E-state index in [1.54, 1.807) is 19.2 Å². The molecule has 0 amide bonds. The van der Waals surface area contributed by atoms with Gasteiger partial charge in [0.05, 0.1) is 7.11 Å². The van der Waals surface area contributed by atoms with E-state index in [4.69, 9.17) is 9.47 Å². The number of benzene rings is 1. The quantitative estimate of drug-likeness (QED) is 0.606. The van der Waals surface area contributed by atoms with Gasteiger partial charge < -0.3 is 14.6 Å². The normalized spacial score (nSPS) is 39.0. The molecule has 29 heavy (non-hydrogen) atoms. The van der Waals surface area contributed by atoms with E-state index in [-0.39, 0.29) is 6.04 Å². The highest BCUT2D eigenvalue weighted by atomic mass is 16.6. The van der Waals surface area contributed by atoms with Crippen molar-refractivity contribution in [2.45, 2.75) is 68.1 Å². The van der Waals surface area contributed by atoms with Crippen LogP contribution in [0.25, 0.3) is 0 Å². The summed E-state index contributed by atoms with van der Waals surface area (Å²) in [6, 6.07) is 5.49. The third-order valence-corrected chi connectivity index (χ3v) is 8.11. The summed E-state index contributed by atoms with van der Waals surface area (Å²) in [6.45, 7) is 4.04. The van der Waals surface area contributed by atoms with E-state index in [1.807, 2.05) is 6.07 Å². The number of hydrogen-bond acceptors (Lipinski definition) is 6. The summed E-state index contributed by atoms with van der Waals surface area (Å²) in [6.07, 6.45) is 5.47. The molecule has 156 valence electrons. The van der Waals surface area contributed by atoms with Crippen LogP contribution < -0.4 is 4.74 Å². The van der Waals surface area contributed by atoms with Crippen molar-refractivity contribution in [2.75, 3.05) is 20.2 Å². The highest BCUT2D eigenvalue weighted by molar-refractivity contribution is 5.84. The maximum atomic E-state index is 12.8. The van der Waals surface area contributed by atoms with Crippen LogP contribution in [0.4, 0.5) is 0 Å². The van der Waals surface area contributed by atoms with Crippen molar-refractivity contribution in [1.29, 1.82) is 0 Å². The third-order valence-electron chi connectivity index (χ3n) is 8.11. The highest BCUT2D eigenvalue weighted by Gasteiger charge is 2.72. The van der Waals surface area contributed by atoms with Crippen LogP contribution in [0, 0.1) is 5.92 Å². The second-order valence-corrected chi connectivity index (χ2v) is 9.50. The second kappa shape index (κ2) is 6.29. The van der Waals surface area contributed by atoms with Gasteiger partial charge in [0, 0.05) is 30.0 Å². The van der Waals surface area contributed by atoms with E-state index in [1.165, 1.54) is 12.8 Å². The predicted molar refractivity (Wildman–Crippen MR) is 106 cm³/mol. The maximum Gasteiger partial charge on any atom is 0.338 e. The topological polar surface area (TPSA) is 76.1 Å². The summed E-state index contributed by atoms with van der Waals surface area (Å²) >= 11 is 0. The van der Waals surface area contributed by atoms with Crippen LogP contribution >= 0.6 is 0 Å². The average Bonchev–Trinajstić information content (AvgIpc) is 3.54. The van der Waals surface area contributed by atoms with Gasteiger partial charge in [-0.25, -0.2) is 4.79 Å². The van der Waals surface area contributed by atoms with Crippen LogP contribution in [0.1, 0.15) is 61.4 Å². The number of carbonyl (C=O) groups excluding carboxylic acids is 2. The molecule has 3 aliphatic heterocycles. The Morgan fingerprint density at radius 3 is 2.76 bits per heavy atom. The molecule has 6 nitrogen and oxygen atoms in total. The minimum Gasteiger partial charge on any atom is -0.497 e. The van der Waals surface area contributed by atoms with Gasteiger partial charge in [-0.05, 0) is 75.3 Å². The lowest BCUT2D eigenvalue weighted by Crippen LogP contribution is -2.78. The van der Waals surface area contributed by atoms with Crippen molar-refractivity contribution in [3.63, 3.8) is 0 Å². The first kappa shape index (κ1) is 19.1. The van der Waals surface area contributed by atoms with Gasteiger partial charge in [0.15, 0.2) is 5.60 Å². The molecule has 0 radical (unpaired) electrons. The Balaban J connectivity index is 1.67. The minimum absolute atomic E-state index is 0.0244. The molecule has 5 aliphatic rings. The molecule has 5 fully saturated rings. The number of methoxy groups -OCH3 is 1. The van der Waals surface area contributed by atoms with Crippen molar-refractivity contribution in [2.24, 2.45) is 5.92 Å². The van der Waals surface area contributed by atoms with Crippen molar-refractivity contribution < 1.29 is 24.2 Å². The molecule has 2 saturated carbocycles. The molecule has 1 aromatic rings. The van der Waals surface area contributed by atoms with E-state index in [9.17, 15) is 14.7 Å². The minimum atomic E-state index is -1.48. The first-order chi connectivity index (χ1) is 13.9. The first-order valence-corrected chi connectivity index (χ1v) is 10.7. The zero-order valence-electron chi connectivity index (χ0n) is 17.1. The molecule has 2 bridgehead atoms. The van der Waals surface area contributed by atoms with Crippen molar-refractivity contribution >= 4 is 12.3 Å². The van der Waals surface area contributed by atoms with Crippen LogP contribution in [0.5, 0.6) is 5.75 Å². The van der Waals surface area contributed by atoms with Gasteiger partial charge >= 0.3 is 5.97 Å². The molecule has 4 atom stereocenters. The Bertz CT molecular complexity index is 867. The Morgan fingerprint density at radius 1 is 1.31 bits per heavy atom. The zero-order chi connectivity index (χ0) is 20.4. The number of likely N-dealkylation sites (tertiary alicyclic amines) is 1. The van der Waals surface area contributed by atoms with E-state index >= 15 is 0 Å². The van der Waals surface area contributed by atoms with Gasteiger partial charge in [0.25, 0.3) is 0 Å². The van der Waals surface area contributed by atoms with E-state index in [0.717, 1.165) is 37.3 Å². The van der Waals surface area contributed by atoms with Gasteiger partial charge in [0.2, 0.25) is 0 Å². The Morgan fingerprint density at radius 2 is 2.10 bits per heavy atom. The number of carbonyl (C=O) groups is 2. The molecule has 4 unspecified atom stereocenters. The summed E-state index contributed by atoms with van der Waals surface area (Å²) in [7, 11) is 1.61. The summed E-state index contributed by atoms with van der Waals surface area (Å²) < 4.78 is 11.6. The van der Waals surface area contributed by atoms with Gasteiger partial charge in [-0.15, -0.1) is 0 Å². The van der Waals surface area contributed by atoms with Crippen LogP contribution in [0.3, 0.4) is 0 Å². The summed E-state index contributed by atoms with van der Waals surface area (Å²) in [5.74, 6) is 0.904. The number of nitrogens with zero attached hydrogens (tertiary/aromatic N) is 1. The van der Waals surface area contributed by atoms with Gasteiger partial charge in [-0.2, -0.15) is 0 Å². The van der Waals surface area contributed by atoms with E-state index in [2.05, 4.69) is 11.8 Å². The van der Waals surface area contributed by atoms with Gasteiger partial charge in [-0.1, -0.05) is 0 Å². The lowest BCUT2D eigenvalue weighted by atomic mass is 9.48. The van der Waals surface area contributed by atoms with Gasteiger partial charge in [0.1, 0.15) is 17.6 Å². The Kier molecular flexibility index (Phi) is 4.13. The summed E-state index contributed by atoms with van der Waals surface area (Å²) in [5, 5.41) is 11.1. The molecule has 1 N–H and O–H groups in total. The number of ether oxygens (including phenoxy) is 2. The van der Waals surface area contributed by atoms with Crippen molar-refractivity contribution in [1.82, 2.24) is 4.90 Å². The number of fused-ring (bicyclic) bond motifs is 2. The molecule has 0 aromatic heterocycles. The summed E-state index contributed by atoms with van der Waals surface area (Å²) in [4.78, 5) is 27.2. The van der Waals surface area contributed by atoms with Crippen LogP contribution in [0.2, 0.25) is 0 Å². The number of aliphatic hydroxyl groups is 1. The highest BCUT2D eigenvalue weighted by Crippen LogP contribution is 2.62. The fraction of sp³-hybridized carbons (Fsp3) is 0.652. The number of hydrogen-bond donors (Lipinski definition) is 1. The molecule has 6 rings (SSSR count). The molecule has 6 heteroatoms. The fourth-order valence-electron chi connectivity index (χ4n) is 6.29. The van der Waals surface area contributed by atoms with Crippen LogP contribution in [0.15, 0.2) is 18.2 Å². The number of esters is 1. The van der Waals surface area contributed by atoms with E-state index < -0.39 is 22.6 Å². The lowest BCUT2D eigenvalue weighted by Gasteiger charge is -2.67. The van der Waals surface area contributed by atoms with Crippen LogP contribution in [-0.4, -0.2) is 59.7 Å². The monoisotopic (exact) mass is 399 g/mol. The molecular formula is C23H29NO5. The standard InChI is InChI=1S/C23H29NO5/c1-15-23-8-7-22(27,20(26)29-23)14-21(23,9-10-24(15)12-16-3-4-16)19-11-18(28-2)6-5-17(19)13-25/h5-6,11,13,15-16,27H,3-4,7-10,12,14H2,1-2H3. The van der Waals surface area contributed by atoms with Gasteiger partial charge in [-0.3, -0.25) is 9.69 Å². The van der Waals surface area contributed by atoms with E-state index in [0.29, 0.717) is 30.6 Å². The predicted octanol–water partition coefficient (Wildman–Crippen LogP) is 2.46. The number of piperidine rings is 1. The van der Waals surface area contributed by atoms with Crippen LogP contribution in [-0.2, 0) is 14.9 Å². The Hall–Kier alpha value is -1.92. The average molecular weight is 399 g/mol. The number of rotatable bonds is 5. The smallest absolute Gasteiger partial charge is 0.338 e. The largest absolute Gasteiger partial charge is 0.497 e. The molecule has 3 saturated heterocycles. The number of aldehydes is 1. The summed E-state index contributed by atoms with van der Waals surface area (Å²) in [5.41, 5.74) is -1.40. The lowest BCUT2D eigenvalue weighted by molar-refractivity contribution is -0.267. The molecule has 3 heterocycles. The fourth-order valence-corrected chi connectivity index (χ4v) is 6.29. The van der Waals surface area contributed by atoms with Crippen molar-refractivity contribution in [3.05, 3.63) is 29.3 Å². The third kappa shape index (κ3) is 2.55. The SMILES string of the molecule is COc1ccc(C=O)c(C23CCN(CC4CC4)C(C)C24CCC(O)(C3)C(=O)O4)c1. The molecular weight excluding hydrogens is 370 g/mol. The zero-order valence-corrected chi connectivity index (χ0v) is 17.1. The van der Waals surface area contributed by atoms with Crippen molar-refractivity contribution in [3.8, 4) is 5.75 Å². The second-order valence-electron chi connectivity index (χ2n) is 9.50. The first-order valence-electron chi connectivity index (χ1n) is 10.7.